The van der Waals surface area contributed by atoms with Crippen LogP contribution in [0, 0.1) is 0 Å². The van der Waals surface area contributed by atoms with E-state index in [0.29, 0.717) is 5.04 Å². The van der Waals surface area contributed by atoms with Crippen molar-refractivity contribution in [3.8, 4) is 0 Å². The van der Waals surface area contributed by atoms with Gasteiger partial charge in [0.25, 0.3) is 0 Å². The predicted molar refractivity (Wildman–Crippen MR) is 112 cm³/mol. The number of rotatable bonds is 11. The van der Waals surface area contributed by atoms with Crippen LogP contribution >= 0.6 is 0 Å². The zero-order chi connectivity index (χ0) is 17.4. The second-order valence-corrected chi connectivity index (χ2v) is 20.9. The summed E-state index contributed by atoms with van der Waals surface area (Å²) in [5.41, 5.74) is 0.910. The van der Waals surface area contributed by atoms with Crippen LogP contribution in [0.1, 0.15) is 81.1 Å². The first-order valence-electron chi connectivity index (χ1n) is 10.1. The lowest BCUT2D eigenvalue weighted by Crippen LogP contribution is -2.43. The largest absolute Gasteiger partial charge is 0.0686 e. The first kappa shape index (κ1) is 22.4. The molecule has 0 saturated heterocycles. The summed E-state index contributed by atoms with van der Waals surface area (Å²) in [4.78, 5) is 0. The van der Waals surface area contributed by atoms with E-state index in [4.69, 9.17) is 0 Å². The third kappa shape index (κ3) is 6.15. The number of hydrogen-bond acceptors (Lipinski definition) is 0. The lowest BCUT2D eigenvalue weighted by molar-refractivity contribution is 0.645. The van der Waals surface area contributed by atoms with Gasteiger partial charge in [-0.05, 0) is 5.04 Å². The minimum atomic E-state index is -1.14. The van der Waals surface area contributed by atoms with E-state index < -0.39 is 16.1 Å². The molecular formula is C20H46Si2. The van der Waals surface area contributed by atoms with Crippen molar-refractivity contribution in [1.82, 2.24) is 0 Å². The SMILES string of the molecule is CC[Si](CC)(CC)CCCCCC[Si](C)(C(C)C)C(C)(C)C. The van der Waals surface area contributed by atoms with E-state index in [1.54, 1.807) is 6.04 Å². The Bertz CT molecular complexity index is 278. The molecule has 0 aromatic heterocycles. The molecule has 0 aliphatic heterocycles. The van der Waals surface area contributed by atoms with E-state index in [2.05, 4.69) is 61.9 Å². The Labute approximate surface area is 144 Å². The molecule has 2 heteroatoms. The fourth-order valence-corrected chi connectivity index (χ4v) is 11.8. The molecule has 0 aromatic rings. The minimum absolute atomic E-state index is 0.551. The van der Waals surface area contributed by atoms with Crippen LogP contribution in [0.5, 0.6) is 0 Å². The molecule has 0 amide bonds. The van der Waals surface area contributed by atoms with E-state index in [0.717, 1.165) is 5.54 Å². The van der Waals surface area contributed by atoms with Crippen molar-refractivity contribution in [1.29, 1.82) is 0 Å². The highest BCUT2D eigenvalue weighted by Crippen LogP contribution is 2.46. The zero-order valence-electron chi connectivity index (χ0n) is 17.4. The van der Waals surface area contributed by atoms with Gasteiger partial charge >= 0.3 is 0 Å². The monoisotopic (exact) mass is 342 g/mol. The van der Waals surface area contributed by atoms with Gasteiger partial charge in [0.1, 0.15) is 0 Å². The molecule has 0 saturated carbocycles. The zero-order valence-corrected chi connectivity index (χ0v) is 19.4. The smallest absolute Gasteiger partial charge is 0.0584 e. The van der Waals surface area contributed by atoms with Crippen LogP contribution < -0.4 is 0 Å². The van der Waals surface area contributed by atoms with Crippen molar-refractivity contribution in [2.75, 3.05) is 0 Å². The van der Waals surface area contributed by atoms with Crippen LogP contribution in [0.4, 0.5) is 0 Å². The summed E-state index contributed by atoms with van der Waals surface area (Å²) in [6.07, 6.45) is 5.96. The molecular weight excluding hydrogens is 296 g/mol. The fraction of sp³-hybridized carbons (Fsp3) is 1.00. The molecule has 0 fully saturated rings. The van der Waals surface area contributed by atoms with Gasteiger partial charge in [0.15, 0.2) is 0 Å². The second kappa shape index (κ2) is 9.66. The molecule has 0 rings (SSSR count). The number of unbranched alkanes of at least 4 members (excludes halogenated alkanes) is 3. The maximum Gasteiger partial charge on any atom is 0.0584 e. The molecule has 0 aliphatic rings. The van der Waals surface area contributed by atoms with Gasteiger partial charge in [-0.25, -0.2) is 0 Å². The highest BCUT2D eigenvalue weighted by Gasteiger charge is 2.41. The fourth-order valence-electron chi connectivity index (χ4n) is 4.16. The minimum Gasteiger partial charge on any atom is -0.0686 e. The molecule has 0 bridgehead atoms. The van der Waals surface area contributed by atoms with Crippen molar-refractivity contribution >= 4 is 16.1 Å². The van der Waals surface area contributed by atoms with Crippen molar-refractivity contribution in [3.63, 3.8) is 0 Å². The quantitative estimate of drug-likeness (QED) is 0.261. The van der Waals surface area contributed by atoms with Crippen LogP contribution in [0.25, 0.3) is 0 Å². The summed E-state index contributed by atoms with van der Waals surface area (Å²) < 4.78 is 0. The summed E-state index contributed by atoms with van der Waals surface area (Å²) in [7, 11) is -1.99. The van der Waals surface area contributed by atoms with E-state index in [9.17, 15) is 0 Å². The Hall–Kier alpha value is 0.434. The van der Waals surface area contributed by atoms with E-state index in [1.165, 1.54) is 49.9 Å². The molecule has 0 nitrogen and oxygen atoms in total. The summed E-state index contributed by atoms with van der Waals surface area (Å²) in [6, 6.07) is 7.63. The lowest BCUT2D eigenvalue weighted by Gasteiger charge is -2.44. The first-order chi connectivity index (χ1) is 10.1. The third-order valence-corrected chi connectivity index (χ3v) is 20.7. The normalized spacial score (nSPS) is 16.1. The van der Waals surface area contributed by atoms with Crippen LogP contribution in [0.15, 0.2) is 0 Å². The molecule has 0 aliphatic carbocycles. The highest BCUT2D eigenvalue weighted by molar-refractivity contribution is 6.82. The molecule has 0 heterocycles. The lowest BCUT2D eigenvalue weighted by atomic mass is 10.2. The van der Waals surface area contributed by atoms with Gasteiger partial charge in [-0.1, -0.05) is 123 Å². The van der Waals surface area contributed by atoms with Gasteiger partial charge in [0, 0.05) is 0 Å². The summed E-state index contributed by atoms with van der Waals surface area (Å²) in [5, 5.41) is 0.551. The number of hydrogen-bond donors (Lipinski definition) is 0. The Morgan fingerprint density at radius 2 is 1.14 bits per heavy atom. The van der Waals surface area contributed by atoms with Gasteiger partial charge in [-0.15, -0.1) is 0 Å². The van der Waals surface area contributed by atoms with E-state index in [-0.39, 0.29) is 0 Å². The van der Waals surface area contributed by atoms with Crippen molar-refractivity contribution in [2.45, 2.75) is 128 Å². The maximum atomic E-state index is 2.65. The molecule has 22 heavy (non-hydrogen) atoms. The average Bonchev–Trinajstić information content (AvgIpc) is 2.45. The van der Waals surface area contributed by atoms with Crippen LogP contribution in [-0.2, 0) is 0 Å². The Morgan fingerprint density at radius 3 is 1.45 bits per heavy atom. The second-order valence-electron chi connectivity index (χ2n) is 9.30. The topological polar surface area (TPSA) is 0 Å². The Morgan fingerprint density at radius 1 is 0.727 bits per heavy atom. The first-order valence-corrected chi connectivity index (χ1v) is 15.7. The van der Waals surface area contributed by atoms with Crippen molar-refractivity contribution in [2.24, 2.45) is 0 Å². The van der Waals surface area contributed by atoms with Crippen LogP contribution in [0.2, 0.25) is 47.3 Å². The Balaban J connectivity index is 4.17. The summed E-state index contributed by atoms with van der Waals surface area (Å²) in [5.74, 6) is 0. The highest BCUT2D eigenvalue weighted by atomic mass is 28.3. The Kier molecular flexibility index (Phi) is 9.85. The van der Waals surface area contributed by atoms with Gasteiger partial charge in [0.2, 0.25) is 0 Å². The van der Waals surface area contributed by atoms with Gasteiger partial charge in [-0.2, -0.15) is 0 Å². The van der Waals surface area contributed by atoms with Crippen molar-refractivity contribution < 1.29 is 0 Å². The van der Waals surface area contributed by atoms with Gasteiger partial charge in [0.05, 0.1) is 16.1 Å². The predicted octanol–water partition coefficient (Wildman–Crippen LogP) is 8.34. The van der Waals surface area contributed by atoms with Gasteiger partial charge in [-0.3, -0.25) is 0 Å². The van der Waals surface area contributed by atoms with E-state index in [1.807, 2.05) is 0 Å². The molecule has 134 valence electrons. The molecule has 0 spiro atoms. The molecule has 1 atom stereocenters. The molecule has 0 N–H and O–H groups in total. The standard InChI is InChI=1S/C20H46Si2/c1-10-22(11-2,12-3)18-16-14-13-15-17-21(9,19(4)5)20(6,7)8/h19H,10-18H2,1-9H3. The molecule has 0 aromatic carbocycles. The average molecular weight is 343 g/mol. The van der Waals surface area contributed by atoms with Gasteiger partial charge < -0.3 is 0 Å². The summed E-state index contributed by atoms with van der Waals surface area (Å²) >= 11 is 0. The third-order valence-electron chi connectivity index (χ3n) is 7.39. The van der Waals surface area contributed by atoms with Crippen LogP contribution in [0.3, 0.4) is 0 Å². The maximum absolute atomic E-state index is 2.65. The summed E-state index contributed by atoms with van der Waals surface area (Å²) in [6.45, 7) is 22.4. The molecule has 1 unspecified atom stereocenters. The van der Waals surface area contributed by atoms with Crippen molar-refractivity contribution in [3.05, 3.63) is 0 Å². The molecule has 0 radical (unpaired) electrons. The van der Waals surface area contributed by atoms with Crippen LogP contribution in [-0.4, -0.2) is 16.1 Å². The van der Waals surface area contributed by atoms with E-state index >= 15 is 0 Å².